The van der Waals surface area contributed by atoms with Crippen LogP contribution in [0.1, 0.15) is 15.9 Å². The molecule has 0 saturated heterocycles. The minimum atomic E-state index is -0.381. The van der Waals surface area contributed by atoms with Crippen LogP contribution in [0.4, 0.5) is 15.9 Å². The number of nitrogens with zero attached hydrogens (tertiary/aromatic N) is 1. The summed E-state index contributed by atoms with van der Waals surface area (Å²) in [5.74, 6) is 0.587. The highest BCUT2D eigenvalue weighted by molar-refractivity contribution is 6.03. The lowest BCUT2D eigenvalue weighted by Gasteiger charge is -2.10. The summed E-state index contributed by atoms with van der Waals surface area (Å²) in [4.78, 5) is 16.3. The first-order valence-corrected chi connectivity index (χ1v) is 8.54. The average molecular weight is 365 g/mol. The Morgan fingerprint density at radius 2 is 1.85 bits per heavy atom. The number of carbonyl (C=O) groups excluding carboxylic acids is 1. The molecule has 0 spiro atoms. The van der Waals surface area contributed by atoms with E-state index >= 15 is 0 Å². The molecule has 0 bridgehead atoms. The minimum Gasteiger partial charge on any atom is -0.496 e. The SMILES string of the molecule is COc1ccccc1CCNc1ccc(NC(=O)c2ccc(F)cc2)nc1. The van der Waals surface area contributed by atoms with E-state index in [1.807, 2.05) is 30.3 Å². The van der Waals surface area contributed by atoms with Crippen LogP contribution in [0.5, 0.6) is 5.75 Å². The van der Waals surface area contributed by atoms with E-state index in [-0.39, 0.29) is 11.7 Å². The van der Waals surface area contributed by atoms with Crippen molar-refractivity contribution in [1.82, 2.24) is 4.98 Å². The van der Waals surface area contributed by atoms with E-state index in [2.05, 4.69) is 15.6 Å². The van der Waals surface area contributed by atoms with Crippen molar-refractivity contribution in [1.29, 1.82) is 0 Å². The van der Waals surface area contributed by atoms with Gasteiger partial charge >= 0.3 is 0 Å². The topological polar surface area (TPSA) is 63.2 Å². The van der Waals surface area contributed by atoms with Gasteiger partial charge < -0.3 is 15.4 Å². The molecule has 5 nitrogen and oxygen atoms in total. The van der Waals surface area contributed by atoms with E-state index < -0.39 is 0 Å². The molecule has 2 aromatic carbocycles. The zero-order chi connectivity index (χ0) is 19.1. The second-order valence-corrected chi connectivity index (χ2v) is 5.88. The van der Waals surface area contributed by atoms with Crippen LogP contribution in [0.15, 0.2) is 66.9 Å². The van der Waals surface area contributed by atoms with Gasteiger partial charge in [0, 0.05) is 12.1 Å². The molecule has 0 saturated carbocycles. The van der Waals surface area contributed by atoms with Crippen LogP contribution in [0, 0.1) is 5.82 Å². The number of aromatic nitrogens is 1. The Bertz CT molecular complexity index is 896. The maximum absolute atomic E-state index is 12.9. The average Bonchev–Trinajstić information content (AvgIpc) is 2.70. The number of carbonyl (C=O) groups is 1. The molecule has 0 aliphatic rings. The molecule has 3 aromatic rings. The second kappa shape index (κ2) is 8.80. The lowest BCUT2D eigenvalue weighted by Crippen LogP contribution is -2.13. The van der Waals surface area contributed by atoms with Crippen molar-refractivity contribution in [3.8, 4) is 5.75 Å². The highest BCUT2D eigenvalue weighted by Gasteiger charge is 2.07. The predicted octanol–water partition coefficient (Wildman–Crippen LogP) is 4.14. The number of benzene rings is 2. The van der Waals surface area contributed by atoms with Crippen molar-refractivity contribution < 1.29 is 13.9 Å². The number of anilines is 2. The summed E-state index contributed by atoms with van der Waals surface area (Å²) in [5, 5.41) is 5.98. The first kappa shape index (κ1) is 18.4. The van der Waals surface area contributed by atoms with Crippen LogP contribution in [-0.2, 0) is 6.42 Å². The molecular formula is C21H20FN3O2. The summed E-state index contributed by atoms with van der Waals surface area (Å²) in [6.07, 6.45) is 2.47. The molecule has 3 rings (SSSR count). The van der Waals surface area contributed by atoms with Gasteiger partial charge in [-0.15, -0.1) is 0 Å². The number of hydrogen-bond acceptors (Lipinski definition) is 4. The molecule has 2 N–H and O–H groups in total. The Kier molecular flexibility index (Phi) is 5.99. The fourth-order valence-electron chi connectivity index (χ4n) is 2.61. The summed E-state index contributed by atoms with van der Waals surface area (Å²) in [7, 11) is 1.66. The first-order chi connectivity index (χ1) is 13.2. The number of hydrogen-bond donors (Lipinski definition) is 2. The van der Waals surface area contributed by atoms with Gasteiger partial charge in [-0.3, -0.25) is 4.79 Å². The van der Waals surface area contributed by atoms with E-state index in [0.29, 0.717) is 11.4 Å². The van der Waals surface area contributed by atoms with Crippen LogP contribution in [0.25, 0.3) is 0 Å². The molecule has 27 heavy (non-hydrogen) atoms. The van der Waals surface area contributed by atoms with Crippen molar-refractivity contribution in [2.45, 2.75) is 6.42 Å². The Hall–Kier alpha value is -3.41. The lowest BCUT2D eigenvalue weighted by atomic mass is 10.1. The van der Waals surface area contributed by atoms with Crippen LogP contribution in [0.3, 0.4) is 0 Å². The van der Waals surface area contributed by atoms with Crippen LogP contribution in [0.2, 0.25) is 0 Å². The summed E-state index contributed by atoms with van der Waals surface area (Å²) < 4.78 is 18.3. The number of methoxy groups -OCH3 is 1. The molecule has 1 heterocycles. The summed E-state index contributed by atoms with van der Waals surface area (Å²) in [5.41, 5.74) is 2.35. The van der Waals surface area contributed by atoms with Crippen molar-refractivity contribution in [2.24, 2.45) is 0 Å². The fraction of sp³-hybridized carbons (Fsp3) is 0.143. The zero-order valence-electron chi connectivity index (χ0n) is 14.9. The number of ether oxygens (including phenoxy) is 1. The van der Waals surface area contributed by atoms with Gasteiger partial charge in [-0.25, -0.2) is 9.37 Å². The van der Waals surface area contributed by atoms with Gasteiger partial charge in [-0.2, -0.15) is 0 Å². The third-order valence-corrected chi connectivity index (χ3v) is 4.03. The number of rotatable bonds is 7. The standard InChI is InChI=1S/C21H20FN3O2/c1-27-19-5-3-2-4-15(19)12-13-23-18-10-11-20(24-14-18)25-21(26)16-6-8-17(22)9-7-16/h2-11,14,23H,12-13H2,1H3,(H,24,25,26). The Morgan fingerprint density at radius 3 is 2.56 bits per heavy atom. The summed E-state index contributed by atoms with van der Waals surface area (Å²) in [6.45, 7) is 0.726. The molecule has 0 aliphatic heterocycles. The van der Waals surface area contributed by atoms with E-state index in [9.17, 15) is 9.18 Å². The highest BCUT2D eigenvalue weighted by Crippen LogP contribution is 2.18. The lowest BCUT2D eigenvalue weighted by molar-refractivity contribution is 0.102. The molecule has 0 atom stereocenters. The molecule has 6 heteroatoms. The van der Waals surface area contributed by atoms with Crippen LogP contribution in [-0.4, -0.2) is 24.5 Å². The first-order valence-electron chi connectivity index (χ1n) is 8.54. The molecular weight excluding hydrogens is 345 g/mol. The van der Waals surface area contributed by atoms with Gasteiger partial charge in [0.15, 0.2) is 0 Å². The van der Waals surface area contributed by atoms with Gasteiger partial charge in [0.2, 0.25) is 0 Å². The van der Waals surface area contributed by atoms with Crippen LogP contribution < -0.4 is 15.4 Å². The molecule has 1 aromatic heterocycles. The normalized spacial score (nSPS) is 10.3. The number of amides is 1. The monoisotopic (exact) mass is 365 g/mol. The van der Waals surface area contributed by atoms with E-state index in [1.54, 1.807) is 19.4 Å². The molecule has 138 valence electrons. The van der Waals surface area contributed by atoms with Crippen molar-refractivity contribution >= 4 is 17.4 Å². The number of halogens is 1. The van der Waals surface area contributed by atoms with Gasteiger partial charge in [0.25, 0.3) is 5.91 Å². The smallest absolute Gasteiger partial charge is 0.256 e. The van der Waals surface area contributed by atoms with Gasteiger partial charge in [-0.1, -0.05) is 18.2 Å². The second-order valence-electron chi connectivity index (χ2n) is 5.88. The Morgan fingerprint density at radius 1 is 1.07 bits per heavy atom. The fourth-order valence-corrected chi connectivity index (χ4v) is 2.61. The van der Waals surface area contributed by atoms with Crippen molar-refractivity contribution in [3.05, 3.63) is 83.8 Å². The quantitative estimate of drug-likeness (QED) is 0.661. The van der Waals surface area contributed by atoms with E-state index in [0.717, 1.165) is 30.0 Å². The predicted molar refractivity (Wildman–Crippen MR) is 104 cm³/mol. The van der Waals surface area contributed by atoms with Crippen LogP contribution >= 0.6 is 0 Å². The van der Waals surface area contributed by atoms with Crippen molar-refractivity contribution in [2.75, 3.05) is 24.3 Å². The number of para-hydroxylation sites is 1. The largest absolute Gasteiger partial charge is 0.496 e. The highest BCUT2D eigenvalue weighted by atomic mass is 19.1. The third-order valence-electron chi connectivity index (χ3n) is 4.03. The van der Waals surface area contributed by atoms with Gasteiger partial charge in [-0.05, 0) is 54.4 Å². The third kappa shape index (κ3) is 5.04. The molecule has 0 radical (unpaired) electrons. The summed E-state index contributed by atoms with van der Waals surface area (Å²) in [6, 6.07) is 16.8. The van der Waals surface area contributed by atoms with Gasteiger partial charge in [0.1, 0.15) is 17.4 Å². The molecule has 1 amide bonds. The Balaban J connectivity index is 1.52. The number of pyridine rings is 1. The molecule has 0 aliphatic carbocycles. The summed E-state index contributed by atoms with van der Waals surface area (Å²) >= 11 is 0. The zero-order valence-corrected chi connectivity index (χ0v) is 14.9. The van der Waals surface area contributed by atoms with E-state index in [4.69, 9.17) is 4.74 Å². The maximum atomic E-state index is 12.9. The molecule has 0 unspecified atom stereocenters. The molecule has 0 fully saturated rings. The van der Waals surface area contributed by atoms with E-state index in [1.165, 1.54) is 24.3 Å². The maximum Gasteiger partial charge on any atom is 0.256 e. The van der Waals surface area contributed by atoms with Crippen molar-refractivity contribution in [3.63, 3.8) is 0 Å². The Labute approximate surface area is 157 Å². The minimum absolute atomic E-state index is 0.334. The van der Waals surface area contributed by atoms with Gasteiger partial charge in [0.05, 0.1) is 19.0 Å². The number of nitrogens with one attached hydrogen (secondary N) is 2.